The number of carbonyl (C=O) groups excluding carboxylic acids is 1. The molecule has 4 heterocycles. The molecule has 164 valence electrons. The van der Waals surface area contributed by atoms with Crippen LogP contribution in [0.2, 0.25) is 0 Å². The second-order valence-corrected chi connectivity index (χ2v) is 7.86. The van der Waals surface area contributed by atoms with Gasteiger partial charge in [-0.2, -0.15) is 0 Å². The lowest BCUT2D eigenvalue weighted by Gasteiger charge is -2.16. The van der Waals surface area contributed by atoms with Crippen molar-refractivity contribution in [2.45, 2.75) is 12.8 Å². The highest BCUT2D eigenvalue weighted by Gasteiger charge is 2.15. The summed E-state index contributed by atoms with van der Waals surface area (Å²) >= 11 is 0. The Labute approximate surface area is 190 Å². The van der Waals surface area contributed by atoms with Crippen molar-refractivity contribution < 1.29 is 4.79 Å². The fourth-order valence-electron chi connectivity index (χ4n) is 3.98. The number of para-hydroxylation sites is 1. The number of nitrogens with one attached hydrogen (secondary N) is 2. The molecule has 0 aliphatic rings. The van der Waals surface area contributed by atoms with Crippen molar-refractivity contribution in [3.63, 3.8) is 0 Å². The summed E-state index contributed by atoms with van der Waals surface area (Å²) in [5.74, 6) is 0.766. The number of hydrogen-bond donors (Lipinski definition) is 2. The van der Waals surface area contributed by atoms with Gasteiger partial charge in [-0.1, -0.05) is 25.1 Å². The summed E-state index contributed by atoms with van der Waals surface area (Å²) in [7, 11) is 1.63. The minimum Gasteiger partial charge on any atom is -0.369 e. The molecule has 1 amide bonds. The summed E-state index contributed by atoms with van der Waals surface area (Å²) in [6, 6.07) is 13.7. The van der Waals surface area contributed by atoms with E-state index in [-0.39, 0.29) is 11.8 Å². The first kappa shape index (κ1) is 20.6. The van der Waals surface area contributed by atoms with Gasteiger partial charge in [-0.25, -0.2) is 15.0 Å². The predicted molar refractivity (Wildman–Crippen MR) is 128 cm³/mol. The van der Waals surface area contributed by atoms with E-state index >= 15 is 0 Å². The first-order valence-electron chi connectivity index (χ1n) is 10.7. The molecule has 0 aliphatic heterocycles. The zero-order valence-corrected chi connectivity index (χ0v) is 18.4. The molecule has 2 N–H and O–H groups in total. The summed E-state index contributed by atoms with van der Waals surface area (Å²) in [4.78, 5) is 30.0. The average Bonchev–Trinajstić information content (AvgIpc) is 3.34. The van der Waals surface area contributed by atoms with E-state index in [9.17, 15) is 4.79 Å². The van der Waals surface area contributed by atoms with Gasteiger partial charge in [0.2, 0.25) is 0 Å². The van der Waals surface area contributed by atoms with Gasteiger partial charge in [0.1, 0.15) is 17.8 Å². The summed E-state index contributed by atoms with van der Waals surface area (Å²) in [6.45, 7) is 2.78. The fourth-order valence-corrected chi connectivity index (χ4v) is 3.98. The van der Waals surface area contributed by atoms with Gasteiger partial charge >= 0.3 is 0 Å². The first-order valence-corrected chi connectivity index (χ1v) is 10.7. The zero-order valence-electron chi connectivity index (χ0n) is 18.4. The molecule has 33 heavy (non-hydrogen) atoms. The summed E-state index contributed by atoms with van der Waals surface area (Å²) in [6.07, 6.45) is 8.90. The molecule has 8 nitrogen and oxygen atoms in total. The van der Waals surface area contributed by atoms with Gasteiger partial charge in [-0.3, -0.25) is 9.78 Å². The van der Waals surface area contributed by atoms with Crippen LogP contribution in [0.15, 0.2) is 73.6 Å². The topological polar surface area (TPSA) is 97.1 Å². The molecule has 4 aromatic heterocycles. The van der Waals surface area contributed by atoms with Gasteiger partial charge in [0.15, 0.2) is 0 Å². The normalized spacial score (nSPS) is 12.1. The van der Waals surface area contributed by atoms with Crippen LogP contribution in [0.3, 0.4) is 0 Å². The maximum Gasteiger partial charge on any atom is 0.251 e. The lowest BCUT2D eigenvalue weighted by atomic mass is 9.96. The second-order valence-electron chi connectivity index (χ2n) is 7.86. The number of carbonyl (C=O) groups is 1. The van der Waals surface area contributed by atoms with Gasteiger partial charge in [0.05, 0.1) is 16.8 Å². The Kier molecular flexibility index (Phi) is 5.40. The lowest BCUT2D eigenvalue weighted by molar-refractivity contribution is 0.0964. The molecule has 5 rings (SSSR count). The highest BCUT2D eigenvalue weighted by atomic mass is 16.1. The van der Waals surface area contributed by atoms with E-state index in [0.717, 1.165) is 39.2 Å². The Morgan fingerprint density at radius 3 is 2.82 bits per heavy atom. The smallest absolute Gasteiger partial charge is 0.251 e. The second kappa shape index (κ2) is 8.66. The Morgan fingerprint density at radius 2 is 1.94 bits per heavy atom. The molecule has 8 heteroatoms. The highest BCUT2D eigenvalue weighted by Crippen LogP contribution is 2.27. The number of amides is 1. The Morgan fingerprint density at radius 1 is 1.03 bits per heavy atom. The SMILES string of the molecule is CNC(=O)c1ccnc2c(C(C)CNc3cc(-c4ccn5ccnc5c4)ncn3)cccc12. The highest BCUT2D eigenvalue weighted by molar-refractivity contribution is 6.06. The van der Waals surface area contributed by atoms with E-state index < -0.39 is 0 Å². The van der Waals surface area contributed by atoms with Gasteiger partial charge in [-0.15, -0.1) is 0 Å². The van der Waals surface area contributed by atoms with Gasteiger partial charge < -0.3 is 15.0 Å². The molecule has 0 bridgehead atoms. The maximum atomic E-state index is 12.3. The molecule has 0 saturated heterocycles. The van der Waals surface area contributed by atoms with E-state index in [2.05, 4.69) is 43.6 Å². The van der Waals surface area contributed by atoms with E-state index in [1.807, 2.05) is 47.1 Å². The molecular formula is C25H23N7O. The Bertz CT molecular complexity index is 1460. The number of rotatable bonds is 6. The van der Waals surface area contributed by atoms with Gasteiger partial charge in [0.25, 0.3) is 5.91 Å². The molecule has 0 radical (unpaired) electrons. The van der Waals surface area contributed by atoms with Gasteiger partial charge in [-0.05, 0) is 23.8 Å². The number of aromatic nitrogens is 5. The molecule has 0 saturated carbocycles. The molecule has 0 fully saturated rings. The standard InChI is InChI=1S/C25H23N7O/c1-16(18-4-3-5-19-20(25(33)26-2)6-8-28-24(18)19)14-29-22-13-21(30-15-31-22)17-7-10-32-11-9-27-23(32)12-17/h3-13,15-16H,14H2,1-2H3,(H,26,33)(H,29,30,31). The minimum absolute atomic E-state index is 0.118. The summed E-state index contributed by atoms with van der Waals surface area (Å²) < 4.78 is 1.96. The van der Waals surface area contributed by atoms with Crippen LogP contribution >= 0.6 is 0 Å². The van der Waals surface area contributed by atoms with Crippen molar-refractivity contribution >= 4 is 28.3 Å². The quantitative estimate of drug-likeness (QED) is 0.418. The third kappa shape index (κ3) is 3.98. The number of nitrogens with zero attached hydrogens (tertiary/aromatic N) is 5. The van der Waals surface area contributed by atoms with Crippen LogP contribution in [0.1, 0.15) is 28.8 Å². The van der Waals surface area contributed by atoms with E-state index in [1.54, 1.807) is 31.8 Å². The first-order chi connectivity index (χ1) is 16.1. The zero-order chi connectivity index (χ0) is 22.8. The van der Waals surface area contributed by atoms with Crippen molar-refractivity contribution in [2.24, 2.45) is 0 Å². The summed E-state index contributed by atoms with van der Waals surface area (Å²) in [5.41, 5.74) is 5.21. The van der Waals surface area contributed by atoms with Crippen LogP contribution in [0.25, 0.3) is 27.8 Å². The molecule has 0 aliphatic carbocycles. The Hall–Kier alpha value is -4.33. The van der Waals surface area contributed by atoms with Crippen LogP contribution in [0, 0.1) is 0 Å². The molecule has 5 aromatic rings. The molecule has 0 spiro atoms. The average molecular weight is 438 g/mol. The van der Waals surface area contributed by atoms with E-state index in [0.29, 0.717) is 12.1 Å². The van der Waals surface area contributed by atoms with Crippen molar-refractivity contribution in [1.82, 2.24) is 29.7 Å². The van der Waals surface area contributed by atoms with Crippen LogP contribution in [0.4, 0.5) is 5.82 Å². The van der Waals surface area contributed by atoms with Crippen LogP contribution in [-0.4, -0.2) is 43.8 Å². The molecule has 1 unspecified atom stereocenters. The number of pyridine rings is 2. The van der Waals surface area contributed by atoms with E-state index in [4.69, 9.17) is 0 Å². The number of imidazole rings is 1. The predicted octanol–water partition coefficient (Wildman–Crippen LogP) is 3.91. The largest absolute Gasteiger partial charge is 0.369 e. The van der Waals surface area contributed by atoms with Crippen LogP contribution < -0.4 is 10.6 Å². The molecule has 1 atom stereocenters. The monoisotopic (exact) mass is 437 g/mol. The third-order valence-corrected chi connectivity index (χ3v) is 5.75. The number of anilines is 1. The third-order valence-electron chi connectivity index (χ3n) is 5.75. The minimum atomic E-state index is -0.118. The Balaban J connectivity index is 1.37. The maximum absolute atomic E-state index is 12.3. The van der Waals surface area contributed by atoms with Crippen molar-refractivity contribution in [1.29, 1.82) is 0 Å². The lowest BCUT2D eigenvalue weighted by Crippen LogP contribution is -2.18. The van der Waals surface area contributed by atoms with E-state index in [1.165, 1.54) is 0 Å². The van der Waals surface area contributed by atoms with Crippen molar-refractivity contribution in [3.8, 4) is 11.3 Å². The van der Waals surface area contributed by atoms with Crippen molar-refractivity contribution in [3.05, 3.63) is 84.7 Å². The fraction of sp³-hybridized carbons (Fsp3) is 0.160. The van der Waals surface area contributed by atoms with Gasteiger partial charge in [0, 0.05) is 61.3 Å². The number of benzene rings is 1. The number of fused-ring (bicyclic) bond motifs is 2. The van der Waals surface area contributed by atoms with Crippen LogP contribution in [0.5, 0.6) is 0 Å². The van der Waals surface area contributed by atoms with Crippen molar-refractivity contribution in [2.75, 3.05) is 18.9 Å². The number of hydrogen-bond acceptors (Lipinski definition) is 6. The summed E-state index contributed by atoms with van der Waals surface area (Å²) in [5, 5.41) is 6.96. The molecule has 1 aromatic carbocycles. The molecular weight excluding hydrogens is 414 g/mol. The van der Waals surface area contributed by atoms with Crippen LogP contribution in [-0.2, 0) is 0 Å².